The van der Waals surface area contributed by atoms with Gasteiger partial charge < -0.3 is 4.74 Å². The van der Waals surface area contributed by atoms with Gasteiger partial charge in [-0.2, -0.15) is 0 Å². The molecule has 1 aromatic heterocycles. The molecule has 0 aliphatic heterocycles. The normalized spacial score (nSPS) is 10.2. The summed E-state index contributed by atoms with van der Waals surface area (Å²) in [6.07, 6.45) is 1.47. The van der Waals surface area contributed by atoms with E-state index in [0.717, 1.165) is 0 Å². The number of hydrogen-bond donors (Lipinski definition) is 0. The summed E-state index contributed by atoms with van der Waals surface area (Å²) in [7, 11) is 0. The van der Waals surface area contributed by atoms with Crippen LogP contribution in [0.15, 0.2) is 36.5 Å². The summed E-state index contributed by atoms with van der Waals surface area (Å²) >= 11 is 11.9. The van der Waals surface area contributed by atoms with Crippen LogP contribution < -0.4 is 4.74 Å². The highest BCUT2D eigenvalue weighted by molar-refractivity contribution is 6.42. The largest absolute Gasteiger partial charge is 0.454 e. The van der Waals surface area contributed by atoms with Gasteiger partial charge in [0.2, 0.25) is 0 Å². The third-order valence-electron chi connectivity index (χ3n) is 2.24. The van der Waals surface area contributed by atoms with Crippen LogP contribution in [0.2, 0.25) is 10.0 Å². The molecular formula is C13H9Cl2NO2. The topological polar surface area (TPSA) is 39.2 Å². The molecule has 3 nitrogen and oxygen atoms in total. The predicted octanol–water partition coefficient (Wildman–Crippen LogP) is 4.38. The maximum atomic E-state index is 11.1. The first-order chi connectivity index (χ1) is 8.58. The Kier molecular flexibility index (Phi) is 3.84. The van der Waals surface area contributed by atoms with Crippen LogP contribution >= 0.6 is 23.2 Å². The van der Waals surface area contributed by atoms with Crippen LogP contribution in [-0.4, -0.2) is 10.8 Å². The van der Waals surface area contributed by atoms with Crippen molar-refractivity contribution in [2.45, 2.75) is 6.92 Å². The molecule has 0 radical (unpaired) electrons. The molecule has 0 saturated heterocycles. The van der Waals surface area contributed by atoms with Crippen LogP contribution in [0, 0.1) is 0 Å². The maximum absolute atomic E-state index is 11.1. The number of halogens is 2. The van der Waals surface area contributed by atoms with Gasteiger partial charge in [-0.3, -0.25) is 4.79 Å². The minimum Gasteiger partial charge on any atom is -0.454 e. The van der Waals surface area contributed by atoms with Crippen molar-refractivity contribution in [2.24, 2.45) is 0 Å². The zero-order valence-electron chi connectivity index (χ0n) is 9.48. The van der Waals surface area contributed by atoms with Crippen molar-refractivity contribution in [2.75, 3.05) is 0 Å². The van der Waals surface area contributed by atoms with Gasteiger partial charge in [0, 0.05) is 6.92 Å². The van der Waals surface area contributed by atoms with Gasteiger partial charge in [-0.1, -0.05) is 29.3 Å². The number of benzene rings is 1. The van der Waals surface area contributed by atoms with Crippen molar-refractivity contribution in [3.63, 3.8) is 0 Å². The highest BCUT2D eigenvalue weighted by Crippen LogP contribution is 2.34. The van der Waals surface area contributed by atoms with E-state index in [2.05, 4.69) is 4.98 Å². The summed E-state index contributed by atoms with van der Waals surface area (Å²) in [5.41, 5.74) is 0.388. The Labute approximate surface area is 114 Å². The number of hydrogen-bond acceptors (Lipinski definition) is 3. The molecular weight excluding hydrogens is 273 g/mol. The number of Topliss-reactive ketones (excluding diaryl/α,β-unsaturated/α-hetero) is 1. The number of ketones is 1. The van der Waals surface area contributed by atoms with E-state index in [1.54, 1.807) is 30.3 Å². The highest BCUT2D eigenvalue weighted by Gasteiger charge is 2.07. The van der Waals surface area contributed by atoms with Crippen molar-refractivity contribution in [3.8, 4) is 11.5 Å². The van der Waals surface area contributed by atoms with E-state index < -0.39 is 0 Å². The van der Waals surface area contributed by atoms with E-state index in [4.69, 9.17) is 27.9 Å². The van der Waals surface area contributed by atoms with Gasteiger partial charge in [-0.05, 0) is 24.3 Å². The zero-order valence-corrected chi connectivity index (χ0v) is 11.0. The number of aromatic nitrogens is 1. The van der Waals surface area contributed by atoms with Gasteiger partial charge in [0.15, 0.2) is 5.78 Å². The number of rotatable bonds is 3. The van der Waals surface area contributed by atoms with Crippen LogP contribution in [-0.2, 0) is 0 Å². The van der Waals surface area contributed by atoms with E-state index in [9.17, 15) is 4.79 Å². The van der Waals surface area contributed by atoms with Crippen LogP contribution in [0.1, 0.15) is 17.4 Å². The van der Waals surface area contributed by atoms with E-state index in [0.29, 0.717) is 27.2 Å². The van der Waals surface area contributed by atoms with Gasteiger partial charge in [-0.25, -0.2) is 4.98 Å². The molecule has 1 aromatic carbocycles. The second-order valence-electron chi connectivity index (χ2n) is 3.59. The van der Waals surface area contributed by atoms with Gasteiger partial charge in [-0.15, -0.1) is 0 Å². The lowest BCUT2D eigenvalue weighted by atomic mass is 10.3. The standard InChI is InChI=1S/C13H9Cl2NO2/c1-8(17)11-6-5-9(7-16-11)18-12-4-2-3-10(14)13(12)15/h2-7H,1H3. The lowest BCUT2D eigenvalue weighted by molar-refractivity contribution is 0.101. The van der Waals surface area contributed by atoms with Crippen molar-refractivity contribution in [1.29, 1.82) is 0 Å². The monoisotopic (exact) mass is 281 g/mol. The number of carbonyl (C=O) groups excluding carboxylic acids is 1. The third-order valence-corrected chi connectivity index (χ3v) is 3.04. The summed E-state index contributed by atoms with van der Waals surface area (Å²) in [6, 6.07) is 8.36. The molecule has 1 heterocycles. The summed E-state index contributed by atoms with van der Waals surface area (Å²) < 4.78 is 5.53. The molecule has 0 fully saturated rings. The molecule has 0 unspecified atom stereocenters. The number of ether oxygens (including phenoxy) is 1. The molecule has 0 saturated carbocycles. The maximum Gasteiger partial charge on any atom is 0.178 e. The van der Waals surface area contributed by atoms with E-state index in [1.165, 1.54) is 13.1 Å². The Hall–Kier alpha value is -1.58. The first kappa shape index (κ1) is 12.9. The van der Waals surface area contributed by atoms with Crippen molar-refractivity contribution >= 4 is 29.0 Å². The zero-order chi connectivity index (χ0) is 13.1. The minimum atomic E-state index is -0.0951. The molecule has 5 heteroatoms. The third kappa shape index (κ3) is 2.81. The molecule has 0 spiro atoms. The fraction of sp³-hybridized carbons (Fsp3) is 0.0769. The number of nitrogens with zero attached hydrogens (tertiary/aromatic N) is 1. The lowest BCUT2D eigenvalue weighted by Gasteiger charge is -2.08. The molecule has 0 amide bonds. The number of pyridine rings is 1. The summed E-state index contributed by atoms with van der Waals surface area (Å²) in [5.74, 6) is 0.841. The molecule has 2 aromatic rings. The van der Waals surface area contributed by atoms with Crippen molar-refractivity contribution in [3.05, 3.63) is 52.3 Å². The van der Waals surface area contributed by atoms with Gasteiger partial charge in [0.25, 0.3) is 0 Å². The van der Waals surface area contributed by atoms with Crippen LogP contribution in [0.5, 0.6) is 11.5 Å². The molecule has 0 atom stereocenters. The Morgan fingerprint density at radius 1 is 1.22 bits per heavy atom. The van der Waals surface area contributed by atoms with Gasteiger partial charge >= 0.3 is 0 Å². The molecule has 0 aliphatic rings. The summed E-state index contributed by atoms with van der Waals surface area (Å²) in [6.45, 7) is 1.46. The average Bonchev–Trinajstić information content (AvgIpc) is 2.36. The smallest absolute Gasteiger partial charge is 0.178 e. The summed E-state index contributed by atoms with van der Waals surface area (Å²) in [4.78, 5) is 15.0. The minimum absolute atomic E-state index is 0.0951. The quantitative estimate of drug-likeness (QED) is 0.784. The second-order valence-corrected chi connectivity index (χ2v) is 4.37. The van der Waals surface area contributed by atoms with Crippen molar-refractivity contribution in [1.82, 2.24) is 4.98 Å². The van der Waals surface area contributed by atoms with Crippen LogP contribution in [0.25, 0.3) is 0 Å². The molecule has 0 bridgehead atoms. The first-order valence-electron chi connectivity index (χ1n) is 5.17. The Bertz CT molecular complexity index is 582. The molecule has 18 heavy (non-hydrogen) atoms. The molecule has 0 aliphatic carbocycles. The molecule has 92 valence electrons. The molecule has 2 rings (SSSR count). The average molecular weight is 282 g/mol. The number of carbonyl (C=O) groups is 1. The Morgan fingerprint density at radius 3 is 2.61 bits per heavy atom. The fourth-order valence-electron chi connectivity index (χ4n) is 1.34. The Balaban J connectivity index is 2.24. The predicted molar refractivity (Wildman–Crippen MR) is 70.8 cm³/mol. The van der Waals surface area contributed by atoms with Crippen LogP contribution in [0.3, 0.4) is 0 Å². The van der Waals surface area contributed by atoms with Crippen LogP contribution in [0.4, 0.5) is 0 Å². The van der Waals surface area contributed by atoms with Gasteiger partial charge in [0.05, 0.1) is 11.2 Å². The molecule has 0 N–H and O–H groups in total. The highest BCUT2D eigenvalue weighted by atomic mass is 35.5. The van der Waals surface area contributed by atoms with E-state index >= 15 is 0 Å². The summed E-state index contributed by atoms with van der Waals surface area (Å²) in [5, 5.41) is 0.761. The first-order valence-corrected chi connectivity index (χ1v) is 5.92. The SMILES string of the molecule is CC(=O)c1ccc(Oc2cccc(Cl)c2Cl)cn1. The van der Waals surface area contributed by atoms with E-state index in [-0.39, 0.29) is 5.78 Å². The van der Waals surface area contributed by atoms with E-state index in [1.807, 2.05) is 0 Å². The fourth-order valence-corrected chi connectivity index (χ4v) is 1.67. The Morgan fingerprint density at radius 2 is 2.00 bits per heavy atom. The lowest BCUT2D eigenvalue weighted by Crippen LogP contribution is -1.96. The second kappa shape index (κ2) is 5.38. The van der Waals surface area contributed by atoms with Gasteiger partial charge in [0.1, 0.15) is 22.2 Å². The van der Waals surface area contributed by atoms with Crippen molar-refractivity contribution < 1.29 is 9.53 Å².